The van der Waals surface area contributed by atoms with E-state index < -0.39 is 0 Å². The highest BCUT2D eigenvalue weighted by molar-refractivity contribution is 7.13. The minimum absolute atomic E-state index is 0.0429. The third-order valence-electron chi connectivity index (χ3n) is 3.19. The number of rotatable bonds is 7. The number of nitrogens with one attached hydrogen (secondary N) is 1. The second kappa shape index (κ2) is 8.77. The lowest BCUT2D eigenvalue weighted by molar-refractivity contribution is -0.116. The van der Waals surface area contributed by atoms with Gasteiger partial charge in [0, 0.05) is 35.3 Å². The number of thiazole rings is 1. The Bertz CT molecular complexity index is 691. The number of hydrogen-bond acceptors (Lipinski definition) is 5. The molecule has 1 heterocycles. The number of hydrogen-bond donors (Lipinski definition) is 1. The molecule has 2 rings (SSSR count). The first-order valence-electron chi connectivity index (χ1n) is 7.34. The van der Waals surface area contributed by atoms with Crippen LogP contribution in [0, 0.1) is 0 Å². The molecule has 1 N–H and O–H groups in total. The topological polar surface area (TPSA) is 65.5 Å². The molecule has 1 aromatic carbocycles. The smallest absolute Gasteiger partial charge is 0.254 e. The molecule has 2 amide bonds. The molecular formula is C16H19ClN4O2S. The van der Waals surface area contributed by atoms with Crippen LogP contribution in [0.3, 0.4) is 0 Å². The first kappa shape index (κ1) is 18.4. The van der Waals surface area contributed by atoms with Gasteiger partial charge in [0.05, 0.1) is 0 Å². The predicted molar refractivity (Wildman–Crippen MR) is 96.7 cm³/mol. The number of carbonyl (C=O) groups is 2. The van der Waals surface area contributed by atoms with E-state index in [9.17, 15) is 9.59 Å². The van der Waals surface area contributed by atoms with Gasteiger partial charge in [-0.05, 0) is 32.3 Å². The lowest BCUT2D eigenvalue weighted by atomic mass is 10.2. The van der Waals surface area contributed by atoms with E-state index in [4.69, 9.17) is 11.6 Å². The second-order valence-electron chi connectivity index (χ2n) is 5.43. The molecule has 1 aromatic heterocycles. The summed E-state index contributed by atoms with van der Waals surface area (Å²) in [5.74, 6) is -0.507. The maximum absolute atomic E-state index is 12.7. The molecule has 8 heteroatoms. The monoisotopic (exact) mass is 366 g/mol. The highest BCUT2D eigenvalue weighted by Crippen LogP contribution is 2.14. The summed E-state index contributed by atoms with van der Waals surface area (Å²) in [6.07, 6.45) is 1.61. The molecule has 0 aliphatic rings. The van der Waals surface area contributed by atoms with Gasteiger partial charge in [-0.2, -0.15) is 0 Å². The van der Waals surface area contributed by atoms with E-state index in [1.54, 1.807) is 35.8 Å². The van der Waals surface area contributed by atoms with E-state index in [0.29, 0.717) is 28.8 Å². The first-order valence-corrected chi connectivity index (χ1v) is 8.60. The number of anilines is 1. The Morgan fingerprint density at radius 2 is 2.08 bits per heavy atom. The van der Waals surface area contributed by atoms with E-state index in [1.165, 1.54) is 16.2 Å². The van der Waals surface area contributed by atoms with Crippen molar-refractivity contribution in [3.8, 4) is 0 Å². The average Bonchev–Trinajstić information content (AvgIpc) is 3.03. The average molecular weight is 367 g/mol. The summed E-state index contributed by atoms with van der Waals surface area (Å²) >= 11 is 7.29. The van der Waals surface area contributed by atoms with Crippen molar-refractivity contribution in [2.75, 3.05) is 39.0 Å². The van der Waals surface area contributed by atoms with Gasteiger partial charge in [-0.15, -0.1) is 11.3 Å². The van der Waals surface area contributed by atoms with Crippen molar-refractivity contribution in [2.45, 2.75) is 0 Å². The van der Waals surface area contributed by atoms with Gasteiger partial charge < -0.3 is 15.1 Å². The molecule has 128 valence electrons. The van der Waals surface area contributed by atoms with E-state index in [0.717, 1.165) is 0 Å². The van der Waals surface area contributed by atoms with E-state index in [2.05, 4.69) is 10.3 Å². The fourth-order valence-electron chi connectivity index (χ4n) is 1.99. The van der Waals surface area contributed by atoms with Gasteiger partial charge in [-0.1, -0.05) is 17.7 Å². The van der Waals surface area contributed by atoms with Gasteiger partial charge in [-0.3, -0.25) is 9.59 Å². The quantitative estimate of drug-likeness (QED) is 0.817. The van der Waals surface area contributed by atoms with Gasteiger partial charge in [0.2, 0.25) is 5.91 Å². The Kier molecular flexibility index (Phi) is 6.72. The molecule has 2 aromatic rings. The van der Waals surface area contributed by atoms with Crippen molar-refractivity contribution >= 4 is 39.9 Å². The highest BCUT2D eigenvalue weighted by Gasteiger charge is 2.19. The van der Waals surface area contributed by atoms with E-state index in [-0.39, 0.29) is 18.4 Å². The Hall–Kier alpha value is -1.96. The number of likely N-dealkylation sites (N-methyl/N-ethyl adjacent to an activating group) is 1. The van der Waals surface area contributed by atoms with Crippen LogP contribution in [0.25, 0.3) is 0 Å². The van der Waals surface area contributed by atoms with Crippen molar-refractivity contribution in [3.63, 3.8) is 0 Å². The maximum Gasteiger partial charge on any atom is 0.254 e. The Balaban J connectivity index is 2.08. The normalized spacial score (nSPS) is 10.7. The molecule has 0 spiro atoms. The molecule has 0 fully saturated rings. The van der Waals surface area contributed by atoms with Crippen LogP contribution in [0.4, 0.5) is 5.13 Å². The largest absolute Gasteiger partial charge is 0.328 e. The lowest BCUT2D eigenvalue weighted by Crippen LogP contribution is -2.41. The zero-order valence-corrected chi connectivity index (χ0v) is 15.1. The summed E-state index contributed by atoms with van der Waals surface area (Å²) in [5, 5.41) is 5.47. The van der Waals surface area contributed by atoms with Gasteiger partial charge in [0.15, 0.2) is 5.13 Å². The molecular weight excluding hydrogens is 348 g/mol. The number of aromatic nitrogens is 1. The van der Waals surface area contributed by atoms with Gasteiger partial charge >= 0.3 is 0 Å². The molecule has 0 aliphatic carbocycles. The van der Waals surface area contributed by atoms with Crippen LogP contribution in [-0.4, -0.2) is 60.3 Å². The van der Waals surface area contributed by atoms with Crippen LogP contribution in [-0.2, 0) is 4.79 Å². The molecule has 6 nitrogen and oxygen atoms in total. The summed E-state index contributed by atoms with van der Waals surface area (Å²) < 4.78 is 0. The standard InChI is InChI=1S/C16H19ClN4O2S/c1-20(2)7-8-21(11-14(22)19-16-18-6-9-24-16)15(23)12-4-3-5-13(17)10-12/h3-6,9-10H,7-8,11H2,1-2H3,(H,18,19,22). The number of benzene rings is 1. The van der Waals surface area contributed by atoms with Crippen molar-refractivity contribution in [1.29, 1.82) is 0 Å². The molecule has 0 saturated heterocycles. The van der Waals surface area contributed by atoms with Crippen LogP contribution in [0.2, 0.25) is 5.02 Å². The third-order valence-corrected chi connectivity index (χ3v) is 4.11. The van der Waals surface area contributed by atoms with Crippen LogP contribution in [0.1, 0.15) is 10.4 Å². The predicted octanol–water partition coefficient (Wildman–Crippen LogP) is 2.44. The molecule has 0 aliphatic heterocycles. The summed E-state index contributed by atoms with van der Waals surface area (Å²) in [5.41, 5.74) is 0.461. The molecule has 0 bridgehead atoms. The summed E-state index contributed by atoms with van der Waals surface area (Å²) in [6, 6.07) is 6.72. The van der Waals surface area contributed by atoms with Crippen LogP contribution in [0.15, 0.2) is 35.8 Å². The van der Waals surface area contributed by atoms with Crippen molar-refractivity contribution in [3.05, 3.63) is 46.4 Å². The maximum atomic E-state index is 12.7. The van der Waals surface area contributed by atoms with Gasteiger partial charge in [0.1, 0.15) is 6.54 Å². The molecule has 0 radical (unpaired) electrons. The van der Waals surface area contributed by atoms with Gasteiger partial charge in [-0.25, -0.2) is 4.98 Å². The van der Waals surface area contributed by atoms with Crippen molar-refractivity contribution in [1.82, 2.24) is 14.8 Å². The summed E-state index contributed by atoms with van der Waals surface area (Å²) in [4.78, 5) is 32.4. The zero-order chi connectivity index (χ0) is 17.5. The van der Waals surface area contributed by atoms with Crippen molar-refractivity contribution in [2.24, 2.45) is 0 Å². The summed E-state index contributed by atoms with van der Waals surface area (Å²) in [7, 11) is 3.83. The minimum Gasteiger partial charge on any atom is -0.328 e. The number of carbonyl (C=O) groups excluding carboxylic acids is 2. The third kappa shape index (κ3) is 5.59. The van der Waals surface area contributed by atoms with Crippen LogP contribution >= 0.6 is 22.9 Å². The van der Waals surface area contributed by atoms with Crippen LogP contribution < -0.4 is 5.32 Å². The van der Waals surface area contributed by atoms with Crippen molar-refractivity contribution < 1.29 is 9.59 Å². The minimum atomic E-state index is -0.279. The zero-order valence-electron chi connectivity index (χ0n) is 13.5. The molecule has 24 heavy (non-hydrogen) atoms. The first-order chi connectivity index (χ1) is 11.5. The van der Waals surface area contributed by atoms with E-state index in [1.807, 2.05) is 19.0 Å². The molecule has 0 unspecified atom stereocenters. The number of amides is 2. The fourth-order valence-corrected chi connectivity index (χ4v) is 2.73. The fraction of sp³-hybridized carbons (Fsp3) is 0.312. The van der Waals surface area contributed by atoms with Crippen LogP contribution in [0.5, 0.6) is 0 Å². The Morgan fingerprint density at radius 3 is 2.71 bits per heavy atom. The summed E-state index contributed by atoms with van der Waals surface area (Å²) in [6.45, 7) is 1.04. The lowest BCUT2D eigenvalue weighted by Gasteiger charge is -2.24. The number of halogens is 1. The second-order valence-corrected chi connectivity index (χ2v) is 6.76. The van der Waals surface area contributed by atoms with E-state index >= 15 is 0 Å². The SMILES string of the molecule is CN(C)CCN(CC(=O)Nc1nccs1)C(=O)c1cccc(Cl)c1. The molecule has 0 saturated carbocycles. The molecule has 0 atom stereocenters. The Morgan fingerprint density at radius 1 is 1.29 bits per heavy atom. The highest BCUT2D eigenvalue weighted by atomic mass is 35.5. The Labute approximate surface area is 150 Å². The van der Waals surface area contributed by atoms with Gasteiger partial charge in [0.25, 0.3) is 5.91 Å². The number of nitrogens with zero attached hydrogens (tertiary/aromatic N) is 3.